The van der Waals surface area contributed by atoms with Crippen LogP contribution in [0.2, 0.25) is 0 Å². The first-order chi connectivity index (χ1) is 8.74. The maximum absolute atomic E-state index is 11.7. The van der Waals surface area contributed by atoms with Crippen LogP contribution in [0, 0.1) is 0 Å². The normalized spacial score (nSPS) is 10.3. The smallest absolute Gasteiger partial charge is 0.224 e. The van der Waals surface area contributed by atoms with Crippen molar-refractivity contribution >= 4 is 11.6 Å². The lowest BCUT2D eigenvalue weighted by Crippen LogP contribution is -2.26. The second kappa shape index (κ2) is 8.53. The summed E-state index contributed by atoms with van der Waals surface area (Å²) in [5.74, 6) is 0.0274. The summed E-state index contributed by atoms with van der Waals surface area (Å²) in [4.78, 5) is 11.7. The Hall–Kier alpha value is -1.55. The van der Waals surface area contributed by atoms with E-state index >= 15 is 0 Å². The van der Waals surface area contributed by atoms with Crippen LogP contribution in [0.3, 0.4) is 0 Å². The number of carbonyl (C=O) groups excluding carboxylic acids is 1. The number of nitrogen functional groups attached to an aromatic ring is 1. The van der Waals surface area contributed by atoms with Crippen molar-refractivity contribution in [3.05, 3.63) is 29.8 Å². The predicted octanol–water partition coefficient (Wildman–Crippen LogP) is 1.74. The van der Waals surface area contributed by atoms with Gasteiger partial charge in [0.1, 0.15) is 0 Å². The summed E-state index contributed by atoms with van der Waals surface area (Å²) in [6, 6.07) is 7.46. The summed E-state index contributed by atoms with van der Waals surface area (Å²) in [6.07, 6.45) is 3.45. The van der Waals surface area contributed by atoms with Gasteiger partial charge in [0.25, 0.3) is 0 Å². The summed E-state index contributed by atoms with van der Waals surface area (Å²) in [7, 11) is 1.70. The van der Waals surface area contributed by atoms with E-state index in [2.05, 4.69) is 5.32 Å². The minimum absolute atomic E-state index is 0.0274. The van der Waals surface area contributed by atoms with Crippen molar-refractivity contribution in [1.82, 2.24) is 5.32 Å². The molecule has 1 amide bonds. The van der Waals surface area contributed by atoms with Crippen LogP contribution in [-0.2, 0) is 16.0 Å². The molecule has 0 radical (unpaired) electrons. The van der Waals surface area contributed by atoms with Crippen LogP contribution in [0.15, 0.2) is 24.3 Å². The highest BCUT2D eigenvalue weighted by molar-refractivity contribution is 5.80. The van der Waals surface area contributed by atoms with Gasteiger partial charge in [0.2, 0.25) is 5.91 Å². The molecule has 0 aliphatic carbocycles. The number of hydrogen-bond acceptors (Lipinski definition) is 3. The molecule has 3 N–H and O–H groups in total. The van der Waals surface area contributed by atoms with Crippen molar-refractivity contribution in [1.29, 1.82) is 0 Å². The molecule has 0 fully saturated rings. The number of carbonyl (C=O) groups is 1. The molecule has 100 valence electrons. The third kappa shape index (κ3) is 5.68. The van der Waals surface area contributed by atoms with Crippen molar-refractivity contribution in [2.75, 3.05) is 26.0 Å². The molecule has 1 aromatic rings. The van der Waals surface area contributed by atoms with E-state index in [4.69, 9.17) is 10.5 Å². The number of nitrogens with one attached hydrogen (secondary N) is 1. The molecular weight excluding hydrogens is 228 g/mol. The number of methoxy groups -OCH3 is 1. The highest BCUT2D eigenvalue weighted by atomic mass is 16.5. The van der Waals surface area contributed by atoms with Gasteiger partial charge in [0.05, 0.1) is 6.42 Å². The average Bonchev–Trinajstić information content (AvgIpc) is 2.36. The fourth-order valence-corrected chi connectivity index (χ4v) is 1.71. The van der Waals surface area contributed by atoms with Gasteiger partial charge in [-0.2, -0.15) is 0 Å². The van der Waals surface area contributed by atoms with Crippen LogP contribution in [0.5, 0.6) is 0 Å². The van der Waals surface area contributed by atoms with E-state index in [0.717, 1.165) is 38.0 Å². The lowest BCUT2D eigenvalue weighted by Gasteiger charge is -2.07. The number of unbranched alkanes of at least 4 members (excludes halogenated alkanes) is 2. The molecule has 0 aliphatic heterocycles. The van der Waals surface area contributed by atoms with Crippen molar-refractivity contribution in [2.24, 2.45) is 0 Å². The van der Waals surface area contributed by atoms with Gasteiger partial charge in [-0.05, 0) is 30.9 Å². The lowest BCUT2D eigenvalue weighted by atomic mass is 10.1. The molecule has 4 heteroatoms. The van der Waals surface area contributed by atoms with Gasteiger partial charge in [-0.1, -0.05) is 18.2 Å². The number of amides is 1. The topological polar surface area (TPSA) is 64.3 Å². The van der Waals surface area contributed by atoms with Crippen LogP contribution in [0.25, 0.3) is 0 Å². The van der Waals surface area contributed by atoms with Crippen LogP contribution in [0.1, 0.15) is 24.8 Å². The lowest BCUT2D eigenvalue weighted by molar-refractivity contribution is -0.120. The highest BCUT2D eigenvalue weighted by Gasteiger charge is 2.04. The minimum atomic E-state index is 0.0274. The van der Waals surface area contributed by atoms with E-state index in [0.29, 0.717) is 12.1 Å². The molecule has 0 aromatic heterocycles. The van der Waals surface area contributed by atoms with Crippen molar-refractivity contribution in [2.45, 2.75) is 25.7 Å². The van der Waals surface area contributed by atoms with Gasteiger partial charge in [-0.25, -0.2) is 0 Å². The van der Waals surface area contributed by atoms with Crippen LogP contribution in [0.4, 0.5) is 5.69 Å². The Morgan fingerprint density at radius 3 is 2.78 bits per heavy atom. The van der Waals surface area contributed by atoms with E-state index in [-0.39, 0.29) is 5.91 Å². The monoisotopic (exact) mass is 250 g/mol. The Morgan fingerprint density at radius 2 is 2.06 bits per heavy atom. The molecule has 0 bridgehead atoms. The van der Waals surface area contributed by atoms with Crippen molar-refractivity contribution < 1.29 is 9.53 Å². The first kappa shape index (κ1) is 14.5. The van der Waals surface area contributed by atoms with Gasteiger partial charge >= 0.3 is 0 Å². The van der Waals surface area contributed by atoms with Gasteiger partial charge in [0.15, 0.2) is 0 Å². The van der Waals surface area contributed by atoms with Gasteiger partial charge in [0, 0.05) is 25.9 Å². The Labute approximate surface area is 109 Å². The van der Waals surface area contributed by atoms with Gasteiger partial charge in [-0.3, -0.25) is 4.79 Å². The van der Waals surface area contributed by atoms with Gasteiger partial charge < -0.3 is 15.8 Å². The van der Waals surface area contributed by atoms with Crippen LogP contribution in [-0.4, -0.2) is 26.2 Å². The Balaban J connectivity index is 2.16. The number of hydrogen-bond donors (Lipinski definition) is 2. The standard InChI is InChI=1S/C14H22N2O2/c1-18-10-6-2-5-9-16-14(17)11-12-7-3-4-8-13(12)15/h3-4,7-8H,2,5-6,9-11,15H2,1H3,(H,16,17). The van der Waals surface area contributed by atoms with Crippen LogP contribution >= 0.6 is 0 Å². The SMILES string of the molecule is COCCCCCNC(=O)Cc1ccccc1N. The molecule has 0 saturated carbocycles. The number of para-hydroxylation sites is 1. The number of benzene rings is 1. The minimum Gasteiger partial charge on any atom is -0.398 e. The molecule has 18 heavy (non-hydrogen) atoms. The molecule has 0 saturated heterocycles. The third-order valence-electron chi connectivity index (χ3n) is 2.75. The first-order valence-corrected chi connectivity index (χ1v) is 6.33. The Kier molecular flexibility index (Phi) is 6.87. The fraction of sp³-hybridized carbons (Fsp3) is 0.500. The number of rotatable bonds is 8. The van der Waals surface area contributed by atoms with Crippen LogP contribution < -0.4 is 11.1 Å². The van der Waals surface area contributed by atoms with E-state index in [1.807, 2.05) is 24.3 Å². The zero-order chi connectivity index (χ0) is 13.2. The molecule has 0 spiro atoms. The molecule has 1 aromatic carbocycles. The average molecular weight is 250 g/mol. The second-order valence-corrected chi connectivity index (χ2v) is 4.28. The largest absolute Gasteiger partial charge is 0.398 e. The zero-order valence-corrected chi connectivity index (χ0v) is 10.9. The van der Waals surface area contributed by atoms with Gasteiger partial charge in [-0.15, -0.1) is 0 Å². The number of ether oxygens (including phenoxy) is 1. The molecule has 1 rings (SSSR count). The first-order valence-electron chi connectivity index (χ1n) is 6.33. The number of nitrogens with two attached hydrogens (primary N) is 1. The molecule has 0 heterocycles. The summed E-state index contributed by atoms with van der Waals surface area (Å²) in [6.45, 7) is 1.50. The predicted molar refractivity (Wildman–Crippen MR) is 73.3 cm³/mol. The molecule has 0 aliphatic rings. The van der Waals surface area contributed by atoms with Crippen molar-refractivity contribution in [3.63, 3.8) is 0 Å². The van der Waals surface area contributed by atoms with E-state index in [9.17, 15) is 4.79 Å². The van der Waals surface area contributed by atoms with E-state index in [1.165, 1.54) is 0 Å². The third-order valence-corrected chi connectivity index (χ3v) is 2.75. The van der Waals surface area contributed by atoms with E-state index < -0.39 is 0 Å². The summed E-state index contributed by atoms with van der Waals surface area (Å²) >= 11 is 0. The maximum atomic E-state index is 11.7. The van der Waals surface area contributed by atoms with Crippen molar-refractivity contribution in [3.8, 4) is 0 Å². The summed E-state index contributed by atoms with van der Waals surface area (Å²) in [5.41, 5.74) is 7.34. The maximum Gasteiger partial charge on any atom is 0.224 e. The molecule has 0 atom stereocenters. The quantitative estimate of drug-likeness (QED) is 0.545. The summed E-state index contributed by atoms with van der Waals surface area (Å²) in [5, 5.41) is 2.90. The molecular formula is C14H22N2O2. The Bertz CT molecular complexity index is 367. The Morgan fingerprint density at radius 1 is 1.28 bits per heavy atom. The summed E-state index contributed by atoms with van der Waals surface area (Å²) < 4.78 is 4.96. The number of anilines is 1. The molecule has 0 unspecified atom stereocenters. The highest BCUT2D eigenvalue weighted by Crippen LogP contribution is 2.10. The fourth-order valence-electron chi connectivity index (χ4n) is 1.71. The molecule has 4 nitrogen and oxygen atoms in total. The van der Waals surface area contributed by atoms with E-state index in [1.54, 1.807) is 7.11 Å². The zero-order valence-electron chi connectivity index (χ0n) is 10.9. The second-order valence-electron chi connectivity index (χ2n) is 4.28.